The van der Waals surface area contributed by atoms with Gasteiger partial charge in [-0.2, -0.15) is 0 Å². The Morgan fingerprint density at radius 3 is 2.32 bits per heavy atom. The Morgan fingerprint density at radius 1 is 1.11 bits per heavy atom. The molecule has 1 aromatic heterocycles. The van der Waals surface area contributed by atoms with Gasteiger partial charge in [-0.3, -0.25) is 4.79 Å². The summed E-state index contributed by atoms with van der Waals surface area (Å²) in [6, 6.07) is 12.0. The zero-order chi connectivity index (χ0) is 19.9. The molecule has 0 atom stereocenters. The number of carbonyl (C=O) groups is 1. The van der Waals surface area contributed by atoms with Gasteiger partial charge in [0.2, 0.25) is 0 Å². The summed E-state index contributed by atoms with van der Waals surface area (Å²) in [6.45, 7) is 10.5. The number of aliphatic imine (C=N–C) groups is 1. The van der Waals surface area contributed by atoms with Crippen LogP contribution in [0.25, 0.3) is 0 Å². The van der Waals surface area contributed by atoms with E-state index in [2.05, 4.69) is 60.7 Å². The minimum absolute atomic E-state index is 0. The minimum Gasteiger partial charge on any atom is -0.454 e. The fraction of sp³-hybridized carbons (Fsp3) is 0.429. The zero-order valence-electron chi connectivity index (χ0n) is 17.0. The van der Waals surface area contributed by atoms with Crippen molar-refractivity contribution in [3.8, 4) is 0 Å². The predicted molar refractivity (Wildman–Crippen MR) is 124 cm³/mol. The molecule has 0 unspecified atom stereocenters. The minimum atomic E-state index is -0.576. The molecule has 0 fully saturated rings. The number of nitrogens with two attached hydrogens (primary N) is 1. The van der Waals surface area contributed by atoms with E-state index in [1.807, 2.05) is 6.92 Å². The molecule has 4 N–H and O–H groups in total. The SMILES string of the molecule is CCNC(=NCc1ccc(C(N)=O)o1)NCCc1ccc(C(C)(C)C)cc1.I. The fourth-order valence-electron chi connectivity index (χ4n) is 2.59. The predicted octanol–water partition coefficient (Wildman–Crippen LogP) is 3.59. The first-order valence-electron chi connectivity index (χ1n) is 9.29. The normalized spacial score (nSPS) is 11.6. The largest absolute Gasteiger partial charge is 0.454 e. The molecular weight excluding hydrogens is 467 g/mol. The molecule has 28 heavy (non-hydrogen) atoms. The summed E-state index contributed by atoms with van der Waals surface area (Å²) < 4.78 is 5.35. The van der Waals surface area contributed by atoms with E-state index in [9.17, 15) is 4.79 Å². The molecule has 0 spiro atoms. The summed E-state index contributed by atoms with van der Waals surface area (Å²) in [5, 5.41) is 6.52. The number of carbonyl (C=O) groups excluding carboxylic acids is 1. The molecule has 1 heterocycles. The summed E-state index contributed by atoms with van der Waals surface area (Å²) in [4.78, 5) is 15.6. The number of benzene rings is 1. The van der Waals surface area contributed by atoms with E-state index in [-0.39, 0.29) is 35.2 Å². The zero-order valence-corrected chi connectivity index (χ0v) is 19.4. The maximum atomic E-state index is 11.1. The van der Waals surface area contributed by atoms with Crippen LogP contribution in [0, 0.1) is 0 Å². The van der Waals surface area contributed by atoms with E-state index in [0.717, 1.165) is 19.5 Å². The van der Waals surface area contributed by atoms with E-state index in [1.165, 1.54) is 11.1 Å². The molecule has 154 valence electrons. The van der Waals surface area contributed by atoms with Crippen molar-refractivity contribution in [3.63, 3.8) is 0 Å². The molecule has 2 aromatic rings. The van der Waals surface area contributed by atoms with Crippen molar-refractivity contribution < 1.29 is 9.21 Å². The summed E-state index contributed by atoms with van der Waals surface area (Å²) in [6.07, 6.45) is 0.904. The molecular formula is C21H31IN4O2. The lowest BCUT2D eigenvalue weighted by atomic mass is 9.86. The Kier molecular flexibility index (Phi) is 9.51. The van der Waals surface area contributed by atoms with Crippen LogP contribution in [0.1, 0.15) is 55.1 Å². The fourth-order valence-corrected chi connectivity index (χ4v) is 2.59. The molecule has 1 aromatic carbocycles. The van der Waals surface area contributed by atoms with Gasteiger partial charge in [-0.1, -0.05) is 45.0 Å². The van der Waals surface area contributed by atoms with E-state index in [1.54, 1.807) is 12.1 Å². The first kappa shape index (κ1) is 24.0. The van der Waals surface area contributed by atoms with Crippen LogP contribution in [0.2, 0.25) is 0 Å². The quantitative estimate of drug-likeness (QED) is 0.309. The third kappa shape index (κ3) is 7.53. The van der Waals surface area contributed by atoms with Crippen LogP contribution >= 0.6 is 24.0 Å². The monoisotopic (exact) mass is 498 g/mol. The third-order valence-corrected chi connectivity index (χ3v) is 4.17. The number of hydrogen-bond acceptors (Lipinski definition) is 3. The first-order chi connectivity index (χ1) is 12.8. The van der Waals surface area contributed by atoms with Crippen LogP contribution < -0.4 is 16.4 Å². The number of halogens is 1. The van der Waals surface area contributed by atoms with E-state index >= 15 is 0 Å². The Balaban J connectivity index is 0.00000392. The average molecular weight is 498 g/mol. The van der Waals surface area contributed by atoms with Crippen LogP contribution in [0.15, 0.2) is 45.8 Å². The first-order valence-corrected chi connectivity index (χ1v) is 9.29. The van der Waals surface area contributed by atoms with Crippen molar-refractivity contribution in [2.75, 3.05) is 13.1 Å². The number of furan rings is 1. The summed E-state index contributed by atoms with van der Waals surface area (Å²) >= 11 is 0. The van der Waals surface area contributed by atoms with Gasteiger partial charge in [0.25, 0.3) is 5.91 Å². The van der Waals surface area contributed by atoms with Crippen molar-refractivity contribution in [1.82, 2.24) is 10.6 Å². The van der Waals surface area contributed by atoms with Gasteiger partial charge in [-0.25, -0.2) is 4.99 Å². The van der Waals surface area contributed by atoms with Crippen LogP contribution in [0.5, 0.6) is 0 Å². The topological polar surface area (TPSA) is 92.6 Å². The molecule has 1 amide bonds. The second-order valence-electron chi connectivity index (χ2n) is 7.45. The third-order valence-electron chi connectivity index (χ3n) is 4.17. The lowest BCUT2D eigenvalue weighted by molar-refractivity contribution is 0.0972. The smallest absolute Gasteiger partial charge is 0.284 e. The highest BCUT2D eigenvalue weighted by molar-refractivity contribution is 14.0. The Hall–Kier alpha value is -2.03. The molecule has 0 bridgehead atoms. The second-order valence-corrected chi connectivity index (χ2v) is 7.45. The summed E-state index contributed by atoms with van der Waals surface area (Å²) in [5.41, 5.74) is 7.98. The van der Waals surface area contributed by atoms with Crippen LogP contribution in [0.4, 0.5) is 0 Å². The van der Waals surface area contributed by atoms with Crippen LogP contribution in [-0.2, 0) is 18.4 Å². The maximum Gasteiger partial charge on any atom is 0.284 e. The highest BCUT2D eigenvalue weighted by atomic mass is 127. The second kappa shape index (κ2) is 11.1. The molecule has 7 heteroatoms. The van der Waals surface area contributed by atoms with Gasteiger partial charge in [0, 0.05) is 13.1 Å². The van der Waals surface area contributed by atoms with Crippen molar-refractivity contribution in [3.05, 3.63) is 59.0 Å². The molecule has 0 radical (unpaired) electrons. The number of amides is 1. The Morgan fingerprint density at radius 2 is 1.79 bits per heavy atom. The van der Waals surface area contributed by atoms with Crippen molar-refractivity contribution in [2.24, 2.45) is 10.7 Å². The van der Waals surface area contributed by atoms with Gasteiger partial charge in [-0.15, -0.1) is 24.0 Å². The number of hydrogen-bond donors (Lipinski definition) is 3. The summed E-state index contributed by atoms with van der Waals surface area (Å²) in [7, 11) is 0. The Labute approximate surface area is 184 Å². The number of primary amides is 1. The highest BCUT2D eigenvalue weighted by Gasteiger charge is 2.12. The number of nitrogens with one attached hydrogen (secondary N) is 2. The van der Waals surface area contributed by atoms with Gasteiger partial charge < -0.3 is 20.8 Å². The van der Waals surface area contributed by atoms with Gasteiger partial charge in [0.15, 0.2) is 11.7 Å². The maximum absolute atomic E-state index is 11.1. The molecule has 6 nitrogen and oxygen atoms in total. The standard InChI is InChI=1S/C21H30N4O2.HI/c1-5-23-20(25-14-17-10-11-18(27-17)19(22)26)24-13-12-15-6-8-16(9-7-15)21(2,3)4;/h6-11H,5,12-14H2,1-4H3,(H2,22,26)(H2,23,24,25);1H. The molecule has 2 rings (SSSR count). The van der Waals surface area contributed by atoms with Crippen molar-refractivity contribution >= 4 is 35.8 Å². The van der Waals surface area contributed by atoms with Gasteiger partial charge in [0.1, 0.15) is 12.3 Å². The van der Waals surface area contributed by atoms with Gasteiger partial charge in [0.05, 0.1) is 0 Å². The molecule has 0 saturated heterocycles. The van der Waals surface area contributed by atoms with Gasteiger partial charge >= 0.3 is 0 Å². The van der Waals surface area contributed by atoms with Crippen molar-refractivity contribution in [2.45, 2.75) is 46.1 Å². The van der Waals surface area contributed by atoms with Crippen LogP contribution in [-0.4, -0.2) is 25.0 Å². The van der Waals surface area contributed by atoms with E-state index < -0.39 is 5.91 Å². The molecule has 0 aliphatic carbocycles. The van der Waals surface area contributed by atoms with Crippen molar-refractivity contribution in [1.29, 1.82) is 0 Å². The number of guanidine groups is 1. The van der Waals surface area contributed by atoms with E-state index in [0.29, 0.717) is 18.3 Å². The molecule has 0 saturated carbocycles. The van der Waals surface area contributed by atoms with Crippen LogP contribution in [0.3, 0.4) is 0 Å². The Bertz CT molecular complexity index is 776. The number of rotatable bonds is 7. The highest BCUT2D eigenvalue weighted by Crippen LogP contribution is 2.22. The summed E-state index contributed by atoms with van der Waals surface area (Å²) in [5.74, 6) is 0.879. The van der Waals surface area contributed by atoms with E-state index in [4.69, 9.17) is 10.2 Å². The lowest BCUT2D eigenvalue weighted by Crippen LogP contribution is -2.38. The number of nitrogens with zero attached hydrogens (tertiary/aromatic N) is 1. The molecule has 0 aliphatic heterocycles. The van der Waals surface area contributed by atoms with Gasteiger partial charge in [-0.05, 0) is 42.0 Å². The average Bonchev–Trinajstić information content (AvgIpc) is 3.09. The molecule has 0 aliphatic rings. The lowest BCUT2D eigenvalue weighted by Gasteiger charge is -2.19.